The second kappa shape index (κ2) is 4.85. The van der Waals surface area contributed by atoms with Crippen LogP contribution in [0.3, 0.4) is 0 Å². The molecule has 3 heteroatoms. The molecule has 1 amide bonds. The summed E-state index contributed by atoms with van der Waals surface area (Å²) < 4.78 is 0. The minimum absolute atomic E-state index is 0.0551. The maximum atomic E-state index is 12.5. The van der Waals surface area contributed by atoms with Gasteiger partial charge in [0.2, 0.25) is 0 Å². The molecule has 21 heavy (non-hydrogen) atoms. The Morgan fingerprint density at radius 3 is 2.90 bits per heavy atom. The molecule has 2 N–H and O–H groups in total. The van der Waals surface area contributed by atoms with Crippen molar-refractivity contribution in [1.29, 1.82) is 0 Å². The Morgan fingerprint density at radius 1 is 1.24 bits per heavy atom. The quantitative estimate of drug-likeness (QED) is 0.888. The van der Waals surface area contributed by atoms with Crippen LogP contribution in [0.5, 0.6) is 0 Å². The van der Waals surface area contributed by atoms with Crippen LogP contribution >= 0.6 is 0 Å². The highest BCUT2D eigenvalue weighted by molar-refractivity contribution is 5.99. The van der Waals surface area contributed by atoms with Gasteiger partial charge in [-0.3, -0.25) is 4.79 Å². The van der Waals surface area contributed by atoms with Gasteiger partial charge in [-0.25, -0.2) is 0 Å². The van der Waals surface area contributed by atoms with E-state index in [1.807, 2.05) is 18.2 Å². The van der Waals surface area contributed by atoms with Crippen molar-refractivity contribution in [2.45, 2.75) is 44.3 Å². The summed E-state index contributed by atoms with van der Waals surface area (Å²) in [5.41, 5.74) is 1.98. The molecule has 2 aromatic carbocycles. The molecule has 108 valence electrons. The number of hydrogen-bond acceptors (Lipinski definition) is 2. The van der Waals surface area contributed by atoms with Gasteiger partial charge in [0.25, 0.3) is 5.91 Å². The van der Waals surface area contributed by atoms with E-state index in [1.165, 1.54) is 23.8 Å². The number of aryl methyl sites for hydroxylation is 1. The van der Waals surface area contributed by atoms with Crippen LogP contribution in [-0.2, 0) is 0 Å². The molecule has 3 nitrogen and oxygen atoms in total. The highest BCUT2D eigenvalue weighted by Gasteiger charge is 2.39. The molecule has 2 aromatic rings. The Hall–Kier alpha value is -1.87. The average Bonchev–Trinajstić information content (AvgIpc) is 3.10. The van der Waals surface area contributed by atoms with Crippen molar-refractivity contribution in [1.82, 2.24) is 10.6 Å². The molecule has 2 heterocycles. The third kappa shape index (κ3) is 2.22. The number of amides is 1. The summed E-state index contributed by atoms with van der Waals surface area (Å²) in [6.07, 6.45) is 3.52. The van der Waals surface area contributed by atoms with E-state index in [9.17, 15) is 4.79 Å². The van der Waals surface area contributed by atoms with E-state index in [0.717, 1.165) is 17.4 Å². The summed E-state index contributed by atoms with van der Waals surface area (Å²) in [7, 11) is 0. The number of benzene rings is 2. The van der Waals surface area contributed by atoms with E-state index in [2.05, 4.69) is 35.8 Å². The van der Waals surface area contributed by atoms with Crippen molar-refractivity contribution in [2.75, 3.05) is 0 Å². The lowest BCUT2D eigenvalue weighted by molar-refractivity contribution is 0.0931. The SMILES string of the molecule is Cc1cccc2ccc(C(=O)N[C@@H]3C[C@H]4CC[C@@H]3N4)cc12. The summed E-state index contributed by atoms with van der Waals surface area (Å²) in [6.45, 7) is 2.09. The first-order valence-electron chi connectivity index (χ1n) is 7.77. The van der Waals surface area contributed by atoms with Crippen LogP contribution < -0.4 is 10.6 Å². The van der Waals surface area contributed by atoms with E-state index < -0.39 is 0 Å². The van der Waals surface area contributed by atoms with E-state index in [4.69, 9.17) is 0 Å². The zero-order chi connectivity index (χ0) is 14.4. The van der Waals surface area contributed by atoms with Crippen molar-refractivity contribution in [3.8, 4) is 0 Å². The van der Waals surface area contributed by atoms with Crippen LogP contribution in [0.15, 0.2) is 36.4 Å². The van der Waals surface area contributed by atoms with Gasteiger partial charge in [-0.2, -0.15) is 0 Å². The number of rotatable bonds is 2. The van der Waals surface area contributed by atoms with Crippen LogP contribution in [0.4, 0.5) is 0 Å². The third-order valence-corrected chi connectivity index (χ3v) is 4.98. The number of carbonyl (C=O) groups excluding carboxylic acids is 1. The van der Waals surface area contributed by atoms with E-state index in [-0.39, 0.29) is 5.91 Å². The highest BCUT2D eigenvalue weighted by atomic mass is 16.1. The molecule has 2 aliphatic rings. The summed E-state index contributed by atoms with van der Waals surface area (Å²) >= 11 is 0. The summed E-state index contributed by atoms with van der Waals surface area (Å²) in [5.74, 6) is 0.0551. The monoisotopic (exact) mass is 280 g/mol. The maximum Gasteiger partial charge on any atom is 0.251 e. The van der Waals surface area contributed by atoms with Gasteiger partial charge in [-0.15, -0.1) is 0 Å². The van der Waals surface area contributed by atoms with Crippen LogP contribution in [0.25, 0.3) is 10.8 Å². The van der Waals surface area contributed by atoms with Gasteiger partial charge in [0.1, 0.15) is 0 Å². The third-order valence-electron chi connectivity index (χ3n) is 4.98. The van der Waals surface area contributed by atoms with Crippen molar-refractivity contribution in [3.63, 3.8) is 0 Å². The van der Waals surface area contributed by atoms with E-state index in [0.29, 0.717) is 18.1 Å². The molecule has 4 rings (SSSR count). The van der Waals surface area contributed by atoms with Crippen LogP contribution in [0.1, 0.15) is 35.2 Å². The normalized spacial score (nSPS) is 27.2. The molecule has 0 spiro atoms. The number of nitrogens with one attached hydrogen (secondary N) is 2. The molecule has 2 fully saturated rings. The van der Waals surface area contributed by atoms with E-state index >= 15 is 0 Å². The minimum atomic E-state index is 0.0551. The molecule has 2 saturated heterocycles. The fourth-order valence-corrected chi connectivity index (χ4v) is 3.81. The molecule has 3 atom stereocenters. The molecule has 0 aromatic heterocycles. The lowest BCUT2D eigenvalue weighted by Gasteiger charge is -2.21. The van der Waals surface area contributed by atoms with Gasteiger partial charge < -0.3 is 10.6 Å². The Kier molecular flexibility index (Phi) is 2.96. The standard InChI is InChI=1S/C18H20N2O/c1-11-3-2-4-12-5-6-13(9-15(11)12)18(21)20-17-10-14-7-8-16(17)19-14/h2-6,9,14,16-17,19H,7-8,10H2,1H3,(H,20,21)/t14-,16+,17-/m1/s1. The molecule has 0 saturated carbocycles. The molecule has 0 unspecified atom stereocenters. The van der Waals surface area contributed by atoms with Gasteiger partial charge >= 0.3 is 0 Å². The van der Waals surface area contributed by atoms with E-state index in [1.54, 1.807) is 0 Å². The van der Waals surface area contributed by atoms with Gasteiger partial charge in [0, 0.05) is 23.7 Å². The van der Waals surface area contributed by atoms with Crippen LogP contribution in [0.2, 0.25) is 0 Å². The van der Waals surface area contributed by atoms with Gasteiger partial charge in [-0.05, 0) is 54.7 Å². The first-order valence-corrected chi connectivity index (χ1v) is 7.77. The zero-order valence-electron chi connectivity index (χ0n) is 12.2. The summed E-state index contributed by atoms with van der Waals surface area (Å²) in [4.78, 5) is 12.5. The first-order chi connectivity index (χ1) is 10.2. The molecular weight excluding hydrogens is 260 g/mol. The van der Waals surface area contributed by atoms with Crippen molar-refractivity contribution >= 4 is 16.7 Å². The lowest BCUT2D eigenvalue weighted by Crippen LogP contribution is -2.42. The first kappa shape index (κ1) is 12.8. The van der Waals surface area contributed by atoms with Gasteiger partial charge in [0.15, 0.2) is 0 Å². The largest absolute Gasteiger partial charge is 0.348 e. The maximum absolute atomic E-state index is 12.5. The smallest absolute Gasteiger partial charge is 0.251 e. The molecule has 0 aliphatic carbocycles. The Morgan fingerprint density at radius 2 is 2.14 bits per heavy atom. The second-order valence-corrected chi connectivity index (χ2v) is 6.37. The number of fused-ring (bicyclic) bond motifs is 3. The number of hydrogen-bond donors (Lipinski definition) is 2. The predicted molar refractivity (Wildman–Crippen MR) is 84.5 cm³/mol. The number of carbonyl (C=O) groups is 1. The molecular formula is C18H20N2O. The van der Waals surface area contributed by atoms with Crippen molar-refractivity contribution in [3.05, 3.63) is 47.5 Å². The lowest BCUT2D eigenvalue weighted by atomic mass is 9.95. The average molecular weight is 280 g/mol. The van der Waals surface area contributed by atoms with Crippen molar-refractivity contribution < 1.29 is 4.79 Å². The predicted octanol–water partition coefficient (Wildman–Crippen LogP) is 2.77. The molecule has 2 bridgehead atoms. The zero-order valence-corrected chi connectivity index (χ0v) is 12.2. The highest BCUT2D eigenvalue weighted by Crippen LogP contribution is 2.28. The van der Waals surface area contributed by atoms with Crippen molar-refractivity contribution in [2.24, 2.45) is 0 Å². The van der Waals surface area contributed by atoms with Gasteiger partial charge in [-0.1, -0.05) is 24.3 Å². The second-order valence-electron chi connectivity index (χ2n) is 6.37. The molecule has 2 aliphatic heterocycles. The molecule has 0 radical (unpaired) electrons. The van der Waals surface area contributed by atoms with Crippen LogP contribution in [0, 0.1) is 6.92 Å². The minimum Gasteiger partial charge on any atom is -0.348 e. The summed E-state index contributed by atoms with van der Waals surface area (Å²) in [6, 6.07) is 13.6. The van der Waals surface area contributed by atoms with Crippen LogP contribution in [-0.4, -0.2) is 24.0 Å². The van der Waals surface area contributed by atoms with Gasteiger partial charge in [0.05, 0.1) is 0 Å². The fourth-order valence-electron chi connectivity index (χ4n) is 3.81. The topological polar surface area (TPSA) is 41.1 Å². The fraction of sp³-hybridized carbons (Fsp3) is 0.389. The Labute approximate surface area is 124 Å². The summed E-state index contributed by atoms with van der Waals surface area (Å²) in [5, 5.41) is 9.12. The Balaban J connectivity index is 1.58. The Bertz CT molecular complexity index is 709.